The summed E-state index contributed by atoms with van der Waals surface area (Å²) in [4.78, 5) is 23.5. The van der Waals surface area contributed by atoms with Gasteiger partial charge in [0.25, 0.3) is 0 Å². The SMILES string of the molecule is CCC(C#N)(CC)C(=O)NCC(=O)NC(C)(C)C. The van der Waals surface area contributed by atoms with Crippen molar-refractivity contribution in [2.45, 2.75) is 53.0 Å². The molecule has 0 radical (unpaired) electrons. The number of carbonyl (C=O) groups is 2. The Labute approximate surface area is 109 Å². The van der Waals surface area contributed by atoms with Crippen LogP contribution in [-0.2, 0) is 9.59 Å². The van der Waals surface area contributed by atoms with Gasteiger partial charge < -0.3 is 10.6 Å². The number of carbonyl (C=O) groups excluding carboxylic acids is 2. The standard InChI is InChI=1S/C13H23N3O2/c1-6-13(7-2,9-14)11(18)15-8-10(17)16-12(3,4)5/h6-8H2,1-5H3,(H,15,18)(H,16,17). The zero-order chi connectivity index (χ0) is 14.4. The number of amides is 2. The Bertz CT molecular complexity index is 346. The average molecular weight is 253 g/mol. The first-order valence-corrected chi connectivity index (χ1v) is 6.21. The highest BCUT2D eigenvalue weighted by molar-refractivity contribution is 5.89. The van der Waals surface area contributed by atoms with E-state index in [4.69, 9.17) is 5.26 Å². The quantitative estimate of drug-likeness (QED) is 0.776. The van der Waals surface area contributed by atoms with E-state index in [0.717, 1.165) is 0 Å². The molecule has 2 amide bonds. The van der Waals surface area contributed by atoms with Crippen molar-refractivity contribution in [2.24, 2.45) is 5.41 Å². The van der Waals surface area contributed by atoms with Gasteiger partial charge in [-0.2, -0.15) is 5.26 Å². The molecule has 0 spiro atoms. The molecule has 0 atom stereocenters. The van der Waals surface area contributed by atoms with E-state index in [1.54, 1.807) is 13.8 Å². The van der Waals surface area contributed by atoms with Crippen LogP contribution in [0.25, 0.3) is 0 Å². The van der Waals surface area contributed by atoms with Crippen LogP contribution in [0.2, 0.25) is 0 Å². The van der Waals surface area contributed by atoms with Gasteiger partial charge in [0.15, 0.2) is 0 Å². The minimum Gasteiger partial charge on any atom is -0.350 e. The summed E-state index contributed by atoms with van der Waals surface area (Å²) < 4.78 is 0. The number of nitrogens with one attached hydrogen (secondary N) is 2. The Balaban J connectivity index is 4.43. The Kier molecular flexibility index (Phi) is 5.83. The summed E-state index contributed by atoms with van der Waals surface area (Å²) in [5.41, 5.74) is -1.36. The van der Waals surface area contributed by atoms with Crippen LogP contribution in [-0.4, -0.2) is 23.9 Å². The molecule has 0 rings (SSSR count). The fraction of sp³-hybridized carbons (Fsp3) is 0.769. The van der Waals surface area contributed by atoms with Gasteiger partial charge in [-0.1, -0.05) is 13.8 Å². The maximum Gasteiger partial charge on any atom is 0.240 e. The molecule has 0 bridgehead atoms. The summed E-state index contributed by atoms with van der Waals surface area (Å²) in [5.74, 6) is -0.631. The zero-order valence-electron chi connectivity index (χ0n) is 11.9. The van der Waals surface area contributed by atoms with Crippen molar-refractivity contribution in [1.82, 2.24) is 10.6 Å². The molecule has 5 heteroatoms. The highest BCUT2D eigenvalue weighted by Crippen LogP contribution is 2.25. The van der Waals surface area contributed by atoms with Gasteiger partial charge in [-0.3, -0.25) is 9.59 Å². The van der Waals surface area contributed by atoms with Gasteiger partial charge in [-0.05, 0) is 33.6 Å². The van der Waals surface area contributed by atoms with E-state index in [1.807, 2.05) is 26.8 Å². The van der Waals surface area contributed by atoms with Gasteiger partial charge >= 0.3 is 0 Å². The van der Waals surface area contributed by atoms with Crippen LogP contribution >= 0.6 is 0 Å². The third-order valence-electron chi connectivity index (χ3n) is 2.78. The topological polar surface area (TPSA) is 82.0 Å². The van der Waals surface area contributed by atoms with Crippen LogP contribution < -0.4 is 10.6 Å². The van der Waals surface area contributed by atoms with Crippen molar-refractivity contribution in [2.75, 3.05) is 6.54 Å². The third-order valence-corrected chi connectivity index (χ3v) is 2.78. The molecule has 0 aliphatic carbocycles. The minimum absolute atomic E-state index is 0.0977. The van der Waals surface area contributed by atoms with Crippen LogP contribution in [0.1, 0.15) is 47.5 Å². The van der Waals surface area contributed by atoms with Crippen LogP contribution in [0.15, 0.2) is 0 Å². The second kappa shape index (κ2) is 6.39. The summed E-state index contributed by atoms with van der Waals surface area (Å²) in [6, 6.07) is 2.04. The van der Waals surface area contributed by atoms with E-state index >= 15 is 0 Å². The first-order valence-electron chi connectivity index (χ1n) is 6.21. The van der Waals surface area contributed by atoms with Crippen molar-refractivity contribution in [3.8, 4) is 6.07 Å². The summed E-state index contributed by atoms with van der Waals surface area (Å²) in [7, 11) is 0. The molecule has 0 fully saturated rings. The lowest BCUT2D eigenvalue weighted by Gasteiger charge is -2.23. The predicted molar refractivity (Wildman–Crippen MR) is 69.5 cm³/mol. The second-order valence-electron chi connectivity index (χ2n) is 5.38. The van der Waals surface area contributed by atoms with Gasteiger partial charge in [0.05, 0.1) is 12.6 Å². The number of hydrogen-bond acceptors (Lipinski definition) is 3. The molecule has 0 saturated heterocycles. The average Bonchev–Trinajstić information content (AvgIpc) is 2.27. The molecule has 2 N–H and O–H groups in total. The van der Waals surface area contributed by atoms with E-state index < -0.39 is 5.41 Å². The largest absolute Gasteiger partial charge is 0.350 e. The smallest absolute Gasteiger partial charge is 0.240 e. The lowest BCUT2D eigenvalue weighted by atomic mass is 9.83. The van der Waals surface area contributed by atoms with Crippen molar-refractivity contribution in [1.29, 1.82) is 5.26 Å². The van der Waals surface area contributed by atoms with E-state index in [9.17, 15) is 9.59 Å². The molecule has 0 unspecified atom stereocenters. The van der Waals surface area contributed by atoms with Crippen LogP contribution in [0.3, 0.4) is 0 Å². The number of nitrogens with zero attached hydrogens (tertiary/aromatic N) is 1. The maximum atomic E-state index is 11.9. The van der Waals surface area contributed by atoms with E-state index in [1.165, 1.54) is 0 Å². The minimum atomic E-state index is -1.03. The first-order chi connectivity index (χ1) is 8.20. The highest BCUT2D eigenvalue weighted by Gasteiger charge is 2.35. The summed E-state index contributed by atoms with van der Waals surface area (Å²) in [6.45, 7) is 9.09. The lowest BCUT2D eigenvalue weighted by Crippen LogP contribution is -2.48. The molecular weight excluding hydrogens is 230 g/mol. The van der Waals surface area contributed by atoms with E-state index in [2.05, 4.69) is 10.6 Å². The lowest BCUT2D eigenvalue weighted by molar-refractivity contribution is -0.131. The Morgan fingerprint density at radius 3 is 2.00 bits per heavy atom. The summed E-state index contributed by atoms with van der Waals surface area (Å²) in [5, 5.41) is 14.4. The van der Waals surface area contributed by atoms with Crippen LogP contribution in [0, 0.1) is 16.7 Å². The van der Waals surface area contributed by atoms with Crippen molar-refractivity contribution in [3.63, 3.8) is 0 Å². The molecule has 102 valence electrons. The molecule has 0 aliphatic rings. The molecule has 0 aromatic heterocycles. The Morgan fingerprint density at radius 2 is 1.67 bits per heavy atom. The van der Waals surface area contributed by atoms with Gasteiger partial charge in [0, 0.05) is 5.54 Å². The number of nitriles is 1. The van der Waals surface area contributed by atoms with E-state index in [0.29, 0.717) is 12.8 Å². The molecule has 0 saturated carbocycles. The first kappa shape index (κ1) is 16.4. The molecule has 0 aromatic carbocycles. The molecule has 0 aliphatic heterocycles. The van der Waals surface area contributed by atoms with Gasteiger partial charge in [-0.15, -0.1) is 0 Å². The van der Waals surface area contributed by atoms with Crippen LogP contribution in [0.5, 0.6) is 0 Å². The molecule has 0 heterocycles. The summed E-state index contributed by atoms with van der Waals surface area (Å²) in [6.07, 6.45) is 0.874. The van der Waals surface area contributed by atoms with Crippen LogP contribution in [0.4, 0.5) is 0 Å². The fourth-order valence-corrected chi connectivity index (χ4v) is 1.57. The van der Waals surface area contributed by atoms with Crippen molar-refractivity contribution in [3.05, 3.63) is 0 Å². The zero-order valence-corrected chi connectivity index (χ0v) is 11.9. The summed E-state index contributed by atoms with van der Waals surface area (Å²) >= 11 is 0. The molecule has 18 heavy (non-hydrogen) atoms. The number of hydrogen-bond donors (Lipinski definition) is 2. The second-order valence-corrected chi connectivity index (χ2v) is 5.38. The Hall–Kier alpha value is -1.57. The molecule has 0 aromatic rings. The monoisotopic (exact) mass is 253 g/mol. The van der Waals surface area contributed by atoms with E-state index in [-0.39, 0.29) is 23.9 Å². The Morgan fingerprint density at radius 1 is 1.17 bits per heavy atom. The number of rotatable bonds is 5. The van der Waals surface area contributed by atoms with Gasteiger partial charge in [0.2, 0.25) is 11.8 Å². The van der Waals surface area contributed by atoms with Crippen molar-refractivity contribution >= 4 is 11.8 Å². The van der Waals surface area contributed by atoms with Gasteiger partial charge in [0.1, 0.15) is 5.41 Å². The predicted octanol–water partition coefficient (Wildman–Crippen LogP) is 1.35. The molecular formula is C13H23N3O2. The van der Waals surface area contributed by atoms with Crippen molar-refractivity contribution < 1.29 is 9.59 Å². The fourth-order valence-electron chi connectivity index (χ4n) is 1.57. The highest BCUT2D eigenvalue weighted by atomic mass is 16.2. The molecule has 5 nitrogen and oxygen atoms in total. The normalized spacial score (nSPS) is 11.6. The maximum absolute atomic E-state index is 11.9. The van der Waals surface area contributed by atoms with Gasteiger partial charge in [-0.25, -0.2) is 0 Å². The third kappa shape index (κ3) is 4.74.